The molecule has 0 aromatic rings. The summed E-state index contributed by atoms with van der Waals surface area (Å²) in [6.45, 7) is 1.62. The Morgan fingerprint density at radius 3 is 1.70 bits per heavy atom. The highest BCUT2D eigenvalue weighted by Crippen LogP contribution is 2.24. The van der Waals surface area contributed by atoms with Gasteiger partial charge in [0.25, 0.3) is 0 Å². The van der Waals surface area contributed by atoms with Crippen molar-refractivity contribution in [1.29, 1.82) is 0 Å². The van der Waals surface area contributed by atoms with Crippen LogP contribution < -0.4 is 5.32 Å². The lowest BCUT2D eigenvalue weighted by Crippen LogP contribution is -2.46. The van der Waals surface area contributed by atoms with E-state index in [2.05, 4.69) is 17.9 Å². The van der Waals surface area contributed by atoms with Crippen LogP contribution in [-0.2, 0) is 9.59 Å². The van der Waals surface area contributed by atoms with Crippen molar-refractivity contribution in [2.24, 2.45) is 5.92 Å². The predicted molar refractivity (Wildman–Crippen MR) is 126 cm³/mol. The number of rotatable bonds is 7. The Bertz CT molecular complexity index is 483. The average molecular weight is 441 g/mol. The second kappa shape index (κ2) is 14.3. The summed E-state index contributed by atoms with van der Waals surface area (Å²) >= 11 is 4.11. The fraction of sp³-hybridized carbons (Fsp3) is 0.917. The van der Waals surface area contributed by atoms with Crippen LogP contribution in [0, 0.1) is 5.92 Å². The number of aliphatic carboxylic acids is 1. The maximum absolute atomic E-state index is 12.1. The number of thiol groups is 1. The lowest BCUT2D eigenvalue weighted by Gasteiger charge is -2.34. The molecule has 0 bridgehead atoms. The third-order valence-electron chi connectivity index (χ3n) is 6.98. The number of carbonyl (C=O) groups excluding carboxylic acids is 1. The Morgan fingerprint density at radius 2 is 1.30 bits per heavy atom. The molecule has 1 unspecified atom stereocenters. The second-order valence-electron chi connectivity index (χ2n) is 9.57. The van der Waals surface area contributed by atoms with Crippen molar-refractivity contribution in [1.82, 2.24) is 10.2 Å². The van der Waals surface area contributed by atoms with E-state index in [0.717, 1.165) is 37.8 Å². The smallest absolute Gasteiger partial charge is 0.323 e. The van der Waals surface area contributed by atoms with Crippen LogP contribution in [0.15, 0.2) is 0 Å². The first-order chi connectivity index (χ1) is 14.5. The summed E-state index contributed by atoms with van der Waals surface area (Å²) < 4.78 is 0. The maximum atomic E-state index is 12.1. The van der Waals surface area contributed by atoms with Gasteiger partial charge in [-0.25, -0.2) is 0 Å². The largest absolute Gasteiger partial charge is 0.480 e. The number of hydrogen-bond donors (Lipinski definition) is 3. The van der Waals surface area contributed by atoms with E-state index in [0.29, 0.717) is 5.75 Å². The number of carbonyl (C=O) groups is 2. The van der Waals surface area contributed by atoms with Gasteiger partial charge >= 0.3 is 5.97 Å². The third-order valence-corrected chi connectivity index (χ3v) is 7.53. The standard InChI is InChI=1S/C12H21NO3S.C12H23N/c1-9(8-17)12(16)13(7-11(14)15)10-5-3-2-4-6-10;1-3-7-11(8-4-1)13-12-9-5-2-6-10-12/h9-10,17H,2-8H2,1H3,(H,14,15);11-13H,1-10H2. The molecule has 0 saturated heterocycles. The van der Waals surface area contributed by atoms with Gasteiger partial charge in [0, 0.05) is 29.8 Å². The molecule has 0 aliphatic heterocycles. The maximum Gasteiger partial charge on any atom is 0.323 e. The number of carboxylic acids is 1. The van der Waals surface area contributed by atoms with Crippen molar-refractivity contribution in [2.45, 2.75) is 121 Å². The fourth-order valence-corrected chi connectivity index (χ4v) is 5.31. The minimum atomic E-state index is -0.935. The zero-order valence-corrected chi connectivity index (χ0v) is 19.9. The Hall–Kier alpha value is -0.750. The highest BCUT2D eigenvalue weighted by Gasteiger charge is 2.29. The van der Waals surface area contributed by atoms with Crippen LogP contribution in [-0.4, -0.2) is 52.3 Å². The predicted octanol–water partition coefficient (Wildman–Crippen LogP) is 5.04. The zero-order chi connectivity index (χ0) is 21.8. The van der Waals surface area contributed by atoms with E-state index in [4.69, 9.17) is 5.11 Å². The normalized spacial score (nSPS) is 22.6. The van der Waals surface area contributed by atoms with Gasteiger partial charge in [-0.1, -0.05) is 64.7 Å². The van der Waals surface area contributed by atoms with E-state index in [1.807, 2.05) is 0 Å². The highest BCUT2D eigenvalue weighted by atomic mass is 32.1. The minimum absolute atomic E-state index is 0.0747. The van der Waals surface area contributed by atoms with Gasteiger partial charge in [-0.15, -0.1) is 0 Å². The second-order valence-corrected chi connectivity index (χ2v) is 9.94. The molecular formula is C24H44N2O3S. The van der Waals surface area contributed by atoms with E-state index < -0.39 is 5.97 Å². The summed E-state index contributed by atoms with van der Waals surface area (Å²) in [5.74, 6) is -0.758. The van der Waals surface area contributed by atoms with E-state index in [-0.39, 0.29) is 24.4 Å². The summed E-state index contributed by atoms with van der Waals surface area (Å²) in [6, 6.07) is 1.85. The Balaban J connectivity index is 0.000000220. The molecule has 30 heavy (non-hydrogen) atoms. The molecule has 3 saturated carbocycles. The van der Waals surface area contributed by atoms with Crippen molar-refractivity contribution >= 4 is 24.5 Å². The van der Waals surface area contributed by atoms with Crippen LogP contribution in [0.1, 0.15) is 103 Å². The summed E-state index contributed by atoms with van der Waals surface area (Å²) in [5, 5.41) is 12.8. The van der Waals surface area contributed by atoms with Gasteiger partial charge in [-0.2, -0.15) is 12.6 Å². The number of nitrogens with zero attached hydrogens (tertiary/aromatic N) is 1. The average Bonchev–Trinajstić information content (AvgIpc) is 2.79. The van der Waals surface area contributed by atoms with Crippen LogP contribution in [0.2, 0.25) is 0 Å². The van der Waals surface area contributed by atoms with Gasteiger partial charge in [0.05, 0.1) is 0 Å². The molecule has 0 spiro atoms. The number of amides is 1. The van der Waals surface area contributed by atoms with Gasteiger partial charge in [-0.3, -0.25) is 9.59 Å². The van der Waals surface area contributed by atoms with E-state index in [9.17, 15) is 9.59 Å². The quantitative estimate of drug-likeness (QED) is 0.485. The van der Waals surface area contributed by atoms with E-state index in [1.54, 1.807) is 11.8 Å². The van der Waals surface area contributed by atoms with Crippen LogP contribution >= 0.6 is 12.6 Å². The minimum Gasteiger partial charge on any atom is -0.480 e. The van der Waals surface area contributed by atoms with Crippen molar-refractivity contribution in [3.05, 3.63) is 0 Å². The number of nitrogens with one attached hydrogen (secondary N) is 1. The van der Waals surface area contributed by atoms with Crippen molar-refractivity contribution < 1.29 is 14.7 Å². The Kier molecular flexibility index (Phi) is 12.2. The van der Waals surface area contributed by atoms with Gasteiger partial charge < -0.3 is 15.3 Å². The molecule has 1 amide bonds. The molecule has 6 heteroatoms. The SMILES string of the molecule is C1CCC(NC2CCCCC2)CC1.CC(CS)C(=O)N(CC(=O)O)C1CCCCC1. The first-order valence-electron chi connectivity index (χ1n) is 12.4. The summed E-state index contributed by atoms with van der Waals surface area (Å²) in [7, 11) is 0. The van der Waals surface area contributed by atoms with Crippen molar-refractivity contribution in [3.8, 4) is 0 Å². The first-order valence-corrected chi connectivity index (χ1v) is 13.0. The molecular weight excluding hydrogens is 396 g/mol. The molecule has 0 heterocycles. The van der Waals surface area contributed by atoms with Crippen LogP contribution in [0.4, 0.5) is 0 Å². The van der Waals surface area contributed by atoms with Gasteiger partial charge in [0.15, 0.2) is 0 Å². The summed E-state index contributed by atoms with van der Waals surface area (Å²) in [5.41, 5.74) is 0. The van der Waals surface area contributed by atoms with Crippen molar-refractivity contribution in [2.75, 3.05) is 12.3 Å². The molecule has 2 N–H and O–H groups in total. The zero-order valence-electron chi connectivity index (χ0n) is 19.0. The molecule has 0 radical (unpaired) electrons. The Labute approximate surface area is 189 Å². The molecule has 174 valence electrons. The molecule has 0 aromatic carbocycles. The summed E-state index contributed by atoms with van der Waals surface area (Å²) in [6.07, 6.45) is 19.8. The van der Waals surface area contributed by atoms with Crippen molar-refractivity contribution in [3.63, 3.8) is 0 Å². The molecule has 5 nitrogen and oxygen atoms in total. The van der Waals surface area contributed by atoms with Gasteiger partial charge in [0.1, 0.15) is 6.54 Å². The van der Waals surface area contributed by atoms with E-state index >= 15 is 0 Å². The molecule has 3 aliphatic carbocycles. The van der Waals surface area contributed by atoms with Crippen LogP contribution in [0.25, 0.3) is 0 Å². The monoisotopic (exact) mass is 440 g/mol. The molecule has 3 fully saturated rings. The van der Waals surface area contributed by atoms with Crippen LogP contribution in [0.5, 0.6) is 0 Å². The molecule has 1 atom stereocenters. The van der Waals surface area contributed by atoms with E-state index in [1.165, 1.54) is 70.6 Å². The lowest BCUT2D eigenvalue weighted by molar-refractivity contribution is -0.148. The molecule has 0 aromatic heterocycles. The third kappa shape index (κ3) is 9.17. The Morgan fingerprint density at radius 1 is 0.867 bits per heavy atom. The summed E-state index contributed by atoms with van der Waals surface area (Å²) in [4.78, 5) is 24.5. The van der Waals surface area contributed by atoms with Crippen LogP contribution in [0.3, 0.4) is 0 Å². The fourth-order valence-electron chi connectivity index (χ4n) is 5.16. The van der Waals surface area contributed by atoms with Gasteiger partial charge in [0.2, 0.25) is 5.91 Å². The highest BCUT2D eigenvalue weighted by molar-refractivity contribution is 7.80. The first kappa shape index (κ1) is 25.5. The molecule has 3 rings (SSSR count). The number of carboxylic acid groups (broad SMARTS) is 1. The number of hydrogen-bond acceptors (Lipinski definition) is 4. The topological polar surface area (TPSA) is 69.6 Å². The lowest BCUT2D eigenvalue weighted by atomic mass is 9.91. The van der Waals surface area contributed by atoms with Gasteiger partial charge in [-0.05, 0) is 38.5 Å². The molecule has 3 aliphatic rings.